The monoisotopic (exact) mass is 343 g/mol. The van der Waals surface area contributed by atoms with E-state index in [1.807, 2.05) is 31.2 Å². The lowest BCUT2D eigenvalue weighted by Crippen LogP contribution is -2.04. The van der Waals surface area contributed by atoms with Crippen LogP contribution in [0.15, 0.2) is 46.2 Å². The number of anilines is 1. The van der Waals surface area contributed by atoms with Crippen molar-refractivity contribution in [3.05, 3.63) is 47.9 Å². The number of furan rings is 1. The molecule has 0 spiro atoms. The van der Waals surface area contributed by atoms with E-state index in [1.165, 1.54) is 25.1 Å². The lowest BCUT2D eigenvalue weighted by molar-refractivity contribution is 0.0564. The van der Waals surface area contributed by atoms with Crippen LogP contribution in [-0.2, 0) is 10.5 Å². The summed E-state index contributed by atoms with van der Waals surface area (Å²) in [4.78, 5) is 20.8. The first kappa shape index (κ1) is 16.3. The van der Waals surface area contributed by atoms with Gasteiger partial charge in [-0.2, -0.15) is 0 Å². The normalized spacial score (nSPS) is 10.8. The SMILES string of the molecule is CCNc1nc(SCc2ccoc2C(=O)OC)nc2ccccc12. The summed E-state index contributed by atoms with van der Waals surface area (Å²) >= 11 is 1.45. The predicted molar refractivity (Wildman–Crippen MR) is 93.3 cm³/mol. The zero-order valence-electron chi connectivity index (χ0n) is 13.4. The van der Waals surface area contributed by atoms with Crippen LogP contribution in [0.2, 0.25) is 0 Å². The Kier molecular flexibility index (Phi) is 5.00. The maximum absolute atomic E-state index is 11.7. The fraction of sp³-hybridized carbons (Fsp3) is 0.235. The van der Waals surface area contributed by atoms with E-state index in [0.717, 1.165) is 28.8 Å². The fourth-order valence-electron chi connectivity index (χ4n) is 2.29. The number of thioether (sulfide) groups is 1. The first-order valence-electron chi connectivity index (χ1n) is 7.51. The third kappa shape index (κ3) is 3.35. The molecule has 6 nitrogen and oxygen atoms in total. The number of esters is 1. The Bertz CT molecular complexity index is 863. The van der Waals surface area contributed by atoms with Crippen molar-refractivity contribution in [1.29, 1.82) is 0 Å². The molecule has 2 aromatic heterocycles. The fourth-order valence-corrected chi connectivity index (χ4v) is 3.12. The Labute approximate surface area is 143 Å². The molecule has 0 aliphatic carbocycles. The molecule has 0 aliphatic heterocycles. The Morgan fingerprint density at radius 1 is 1.29 bits per heavy atom. The number of carbonyl (C=O) groups is 1. The van der Waals surface area contributed by atoms with Crippen LogP contribution in [0.4, 0.5) is 5.82 Å². The largest absolute Gasteiger partial charge is 0.463 e. The molecule has 7 heteroatoms. The van der Waals surface area contributed by atoms with Gasteiger partial charge in [-0.05, 0) is 25.1 Å². The third-order valence-corrected chi connectivity index (χ3v) is 4.30. The second-order valence-corrected chi connectivity index (χ2v) is 5.90. The van der Waals surface area contributed by atoms with Crippen LogP contribution < -0.4 is 5.32 Å². The van der Waals surface area contributed by atoms with Crippen LogP contribution >= 0.6 is 11.8 Å². The Morgan fingerprint density at radius 3 is 2.92 bits per heavy atom. The quantitative estimate of drug-likeness (QED) is 0.415. The van der Waals surface area contributed by atoms with Crippen LogP contribution in [0.25, 0.3) is 10.9 Å². The van der Waals surface area contributed by atoms with Gasteiger partial charge in [-0.15, -0.1) is 0 Å². The van der Waals surface area contributed by atoms with Crippen molar-refractivity contribution < 1.29 is 13.9 Å². The molecule has 0 unspecified atom stereocenters. The molecule has 0 amide bonds. The van der Waals surface area contributed by atoms with Gasteiger partial charge in [-0.25, -0.2) is 14.8 Å². The summed E-state index contributed by atoms with van der Waals surface area (Å²) in [5.41, 5.74) is 1.64. The van der Waals surface area contributed by atoms with E-state index in [-0.39, 0.29) is 5.76 Å². The van der Waals surface area contributed by atoms with Gasteiger partial charge in [0.1, 0.15) is 5.82 Å². The molecule has 124 valence electrons. The second-order valence-electron chi connectivity index (χ2n) is 4.96. The lowest BCUT2D eigenvalue weighted by atomic mass is 10.2. The van der Waals surface area contributed by atoms with Crippen LogP contribution in [0, 0.1) is 0 Å². The molecule has 1 N–H and O–H groups in total. The molecular formula is C17H17N3O3S. The van der Waals surface area contributed by atoms with Gasteiger partial charge in [0.05, 0.1) is 18.9 Å². The highest BCUT2D eigenvalue weighted by Gasteiger charge is 2.16. The van der Waals surface area contributed by atoms with Crippen molar-refractivity contribution in [2.45, 2.75) is 17.8 Å². The van der Waals surface area contributed by atoms with E-state index in [9.17, 15) is 4.79 Å². The van der Waals surface area contributed by atoms with Crippen molar-refractivity contribution in [2.75, 3.05) is 19.0 Å². The van der Waals surface area contributed by atoms with E-state index in [1.54, 1.807) is 6.07 Å². The molecule has 3 aromatic rings. The minimum atomic E-state index is -0.483. The van der Waals surface area contributed by atoms with E-state index < -0.39 is 5.97 Å². The summed E-state index contributed by atoms with van der Waals surface area (Å²) in [5, 5.41) is 4.89. The molecule has 24 heavy (non-hydrogen) atoms. The average Bonchev–Trinajstić information content (AvgIpc) is 3.08. The number of nitrogens with zero attached hydrogens (tertiary/aromatic N) is 2. The van der Waals surface area contributed by atoms with Crippen molar-refractivity contribution in [1.82, 2.24) is 9.97 Å². The molecule has 1 aromatic carbocycles. The summed E-state index contributed by atoms with van der Waals surface area (Å²) < 4.78 is 9.91. The summed E-state index contributed by atoms with van der Waals surface area (Å²) in [6.45, 7) is 2.80. The molecule has 0 radical (unpaired) electrons. The minimum Gasteiger partial charge on any atom is -0.463 e. The van der Waals surface area contributed by atoms with Gasteiger partial charge in [0.2, 0.25) is 5.76 Å². The summed E-state index contributed by atoms with van der Waals surface area (Å²) in [7, 11) is 1.33. The van der Waals surface area contributed by atoms with Gasteiger partial charge < -0.3 is 14.5 Å². The van der Waals surface area contributed by atoms with Crippen molar-refractivity contribution in [3.63, 3.8) is 0 Å². The number of aromatic nitrogens is 2. The maximum Gasteiger partial charge on any atom is 0.374 e. The zero-order chi connectivity index (χ0) is 16.9. The van der Waals surface area contributed by atoms with E-state index in [4.69, 9.17) is 9.15 Å². The molecule has 0 aliphatic rings. The first-order valence-corrected chi connectivity index (χ1v) is 8.49. The molecule has 2 heterocycles. The number of hydrogen-bond acceptors (Lipinski definition) is 7. The standard InChI is InChI=1S/C17H17N3O3S/c1-3-18-15-12-6-4-5-7-13(12)19-17(20-15)24-10-11-8-9-23-14(11)16(21)22-2/h4-9H,3,10H2,1-2H3,(H,18,19,20). The molecule has 0 saturated carbocycles. The zero-order valence-corrected chi connectivity index (χ0v) is 14.2. The number of carbonyl (C=O) groups excluding carboxylic acids is 1. The van der Waals surface area contributed by atoms with E-state index in [0.29, 0.717) is 10.9 Å². The van der Waals surface area contributed by atoms with Crippen molar-refractivity contribution >= 4 is 34.5 Å². The highest BCUT2D eigenvalue weighted by Crippen LogP contribution is 2.27. The topological polar surface area (TPSA) is 77.2 Å². The number of hydrogen-bond donors (Lipinski definition) is 1. The number of para-hydroxylation sites is 1. The van der Waals surface area contributed by atoms with Crippen molar-refractivity contribution in [3.8, 4) is 0 Å². The smallest absolute Gasteiger partial charge is 0.374 e. The van der Waals surface area contributed by atoms with Crippen molar-refractivity contribution in [2.24, 2.45) is 0 Å². The number of fused-ring (bicyclic) bond motifs is 1. The lowest BCUT2D eigenvalue weighted by Gasteiger charge is -2.09. The Morgan fingerprint density at radius 2 is 2.12 bits per heavy atom. The van der Waals surface area contributed by atoms with Crippen LogP contribution in [0.5, 0.6) is 0 Å². The molecule has 3 rings (SSSR count). The van der Waals surface area contributed by atoms with Crippen LogP contribution in [0.3, 0.4) is 0 Å². The van der Waals surface area contributed by atoms with Gasteiger partial charge in [0, 0.05) is 23.2 Å². The van der Waals surface area contributed by atoms with E-state index in [2.05, 4.69) is 15.3 Å². The number of methoxy groups -OCH3 is 1. The second kappa shape index (κ2) is 7.35. The summed E-state index contributed by atoms with van der Waals surface area (Å²) in [6.07, 6.45) is 1.48. The molecule has 0 bridgehead atoms. The number of rotatable bonds is 6. The number of ether oxygens (including phenoxy) is 1. The first-order chi connectivity index (χ1) is 11.7. The number of nitrogens with one attached hydrogen (secondary N) is 1. The van der Waals surface area contributed by atoms with Crippen LogP contribution in [-0.4, -0.2) is 29.6 Å². The van der Waals surface area contributed by atoms with Gasteiger partial charge >= 0.3 is 5.97 Å². The molecule has 0 fully saturated rings. The van der Waals surface area contributed by atoms with Crippen LogP contribution in [0.1, 0.15) is 23.0 Å². The van der Waals surface area contributed by atoms with E-state index >= 15 is 0 Å². The highest BCUT2D eigenvalue weighted by molar-refractivity contribution is 7.98. The summed E-state index contributed by atoms with van der Waals surface area (Å²) in [6, 6.07) is 9.62. The highest BCUT2D eigenvalue weighted by atomic mass is 32.2. The predicted octanol–water partition coefficient (Wildman–Crippen LogP) is 3.73. The molecule has 0 saturated heterocycles. The maximum atomic E-state index is 11.7. The molecular weight excluding hydrogens is 326 g/mol. The Hall–Kier alpha value is -2.54. The van der Waals surface area contributed by atoms with Gasteiger partial charge in [-0.3, -0.25) is 0 Å². The Balaban J connectivity index is 1.85. The van der Waals surface area contributed by atoms with Gasteiger partial charge in [-0.1, -0.05) is 23.9 Å². The number of benzene rings is 1. The molecule has 0 atom stereocenters. The van der Waals surface area contributed by atoms with Gasteiger partial charge in [0.15, 0.2) is 5.16 Å². The minimum absolute atomic E-state index is 0.220. The van der Waals surface area contributed by atoms with Gasteiger partial charge in [0.25, 0.3) is 0 Å². The average molecular weight is 343 g/mol. The third-order valence-electron chi connectivity index (χ3n) is 3.40. The summed E-state index contributed by atoms with van der Waals surface area (Å²) in [5.74, 6) is 1.07.